The van der Waals surface area contributed by atoms with Gasteiger partial charge in [0.15, 0.2) is 6.61 Å². The molecule has 6 nitrogen and oxygen atoms in total. The van der Waals surface area contributed by atoms with Gasteiger partial charge in [0.2, 0.25) is 0 Å². The number of nitro benzene ring substituents is 1. The van der Waals surface area contributed by atoms with Crippen molar-refractivity contribution in [2.75, 3.05) is 13.7 Å². The van der Waals surface area contributed by atoms with Crippen LogP contribution in [0.25, 0.3) is 11.1 Å². The lowest BCUT2D eigenvalue weighted by atomic mass is 10.0. The number of rotatable bonds is 5. The third kappa shape index (κ3) is 3.56. The van der Waals surface area contributed by atoms with Gasteiger partial charge in [-0.2, -0.15) is 0 Å². The molecule has 0 saturated carbocycles. The third-order valence-corrected chi connectivity index (χ3v) is 2.83. The maximum atomic E-state index is 11.2. The number of carbonyl (C=O) groups excluding carboxylic acids is 1. The van der Waals surface area contributed by atoms with Crippen LogP contribution in [0.5, 0.6) is 5.75 Å². The van der Waals surface area contributed by atoms with Crippen LogP contribution in [-0.4, -0.2) is 24.6 Å². The van der Waals surface area contributed by atoms with Crippen molar-refractivity contribution in [2.45, 2.75) is 0 Å². The fraction of sp³-hybridized carbons (Fsp3) is 0.133. The first-order valence-corrected chi connectivity index (χ1v) is 6.15. The van der Waals surface area contributed by atoms with Crippen LogP contribution in [0.4, 0.5) is 5.69 Å². The fourth-order valence-corrected chi connectivity index (χ4v) is 1.80. The van der Waals surface area contributed by atoms with Gasteiger partial charge in [-0.05, 0) is 11.6 Å². The largest absolute Gasteiger partial charge is 0.481 e. The van der Waals surface area contributed by atoms with Gasteiger partial charge in [0.05, 0.1) is 12.0 Å². The van der Waals surface area contributed by atoms with Crippen molar-refractivity contribution in [3.8, 4) is 16.9 Å². The van der Waals surface area contributed by atoms with E-state index in [0.29, 0.717) is 11.3 Å². The number of ether oxygens (including phenoxy) is 2. The molecule has 0 aliphatic rings. The van der Waals surface area contributed by atoms with Gasteiger partial charge in [0.25, 0.3) is 5.69 Å². The highest BCUT2D eigenvalue weighted by Crippen LogP contribution is 2.33. The van der Waals surface area contributed by atoms with E-state index >= 15 is 0 Å². The number of hydrogen-bond donors (Lipinski definition) is 0. The summed E-state index contributed by atoms with van der Waals surface area (Å²) in [5, 5.41) is 10.9. The summed E-state index contributed by atoms with van der Waals surface area (Å²) >= 11 is 0. The lowest BCUT2D eigenvalue weighted by Crippen LogP contribution is -2.13. The summed E-state index contributed by atoms with van der Waals surface area (Å²) in [5.74, 6) is -0.135. The third-order valence-electron chi connectivity index (χ3n) is 2.83. The topological polar surface area (TPSA) is 78.7 Å². The molecule has 2 aromatic rings. The number of nitrogens with zero attached hydrogens (tertiary/aromatic N) is 1. The summed E-state index contributed by atoms with van der Waals surface area (Å²) in [7, 11) is 1.26. The number of esters is 1. The van der Waals surface area contributed by atoms with E-state index in [-0.39, 0.29) is 12.3 Å². The number of nitro groups is 1. The van der Waals surface area contributed by atoms with Gasteiger partial charge in [-0.3, -0.25) is 10.1 Å². The summed E-state index contributed by atoms with van der Waals surface area (Å²) in [5.41, 5.74) is 1.27. The Balaban J connectivity index is 2.39. The van der Waals surface area contributed by atoms with Crippen LogP contribution in [0.1, 0.15) is 0 Å². The first kappa shape index (κ1) is 14.5. The van der Waals surface area contributed by atoms with Crippen molar-refractivity contribution in [3.05, 3.63) is 58.6 Å². The Labute approximate surface area is 121 Å². The predicted octanol–water partition coefficient (Wildman–Crippen LogP) is 2.81. The van der Waals surface area contributed by atoms with Crippen LogP contribution < -0.4 is 4.74 Å². The minimum absolute atomic E-state index is 0.0423. The fourth-order valence-electron chi connectivity index (χ4n) is 1.80. The molecule has 2 rings (SSSR count). The van der Waals surface area contributed by atoms with Crippen molar-refractivity contribution in [3.63, 3.8) is 0 Å². The molecule has 0 unspecified atom stereocenters. The Morgan fingerprint density at radius 3 is 2.52 bits per heavy atom. The lowest BCUT2D eigenvalue weighted by Gasteiger charge is -2.10. The molecule has 0 spiro atoms. The van der Waals surface area contributed by atoms with E-state index in [9.17, 15) is 14.9 Å². The maximum Gasteiger partial charge on any atom is 0.343 e. The van der Waals surface area contributed by atoms with Crippen LogP contribution >= 0.6 is 0 Å². The van der Waals surface area contributed by atoms with E-state index < -0.39 is 10.9 Å². The normalized spacial score (nSPS) is 9.95. The molecule has 0 amide bonds. The Hall–Kier alpha value is -2.89. The number of hydrogen-bond acceptors (Lipinski definition) is 5. The van der Waals surface area contributed by atoms with E-state index in [2.05, 4.69) is 4.74 Å². The molecule has 0 radical (unpaired) electrons. The Morgan fingerprint density at radius 1 is 1.19 bits per heavy atom. The standard InChI is InChI=1S/C15H13NO5/c1-20-15(17)10-21-14-8-7-12(16(18)19)9-13(14)11-5-3-2-4-6-11/h2-9H,10H2,1H3. The zero-order valence-corrected chi connectivity index (χ0v) is 11.3. The molecule has 6 heteroatoms. The molecular formula is C15H13NO5. The monoisotopic (exact) mass is 287 g/mol. The Bertz CT molecular complexity index is 654. The minimum atomic E-state index is -0.521. The van der Waals surface area contributed by atoms with Gasteiger partial charge < -0.3 is 9.47 Å². The zero-order chi connectivity index (χ0) is 15.2. The second kappa shape index (κ2) is 6.51. The molecule has 2 aromatic carbocycles. The molecule has 0 atom stereocenters. The summed E-state index contributed by atoms with van der Waals surface area (Å²) in [4.78, 5) is 21.6. The van der Waals surface area contributed by atoms with Crippen LogP contribution in [0.3, 0.4) is 0 Å². The first-order chi connectivity index (χ1) is 10.1. The predicted molar refractivity (Wildman–Crippen MR) is 76.0 cm³/mol. The molecule has 0 aliphatic carbocycles. The van der Waals surface area contributed by atoms with Crippen LogP contribution in [0.2, 0.25) is 0 Å². The summed E-state index contributed by atoms with van der Waals surface area (Å²) < 4.78 is 9.89. The van der Waals surface area contributed by atoms with Gasteiger partial charge in [-0.25, -0.2) is 4.79 Å². The number of benzene rings is 2. The smallest absolute Gasteiger partial charge is 0.343 e. The van der Waals surface area contributed by atoms with Crippen molar-refractivity contribution in [1.29, 1.82) is 0 Å². The van der Waals surface area contributed by atoms with E-state index in [1.54, 1.807) is 0 Å². The molecule has 0 aliphatic heterocycles. The molecule has 0 heterocycles. The Kier molecular flexibility index (Phi) is 4.50. The second-order valence-corrected chi connectivity index (χ2v) is 4.17. The molecule has 0 aromatic heterocycles. The average Bonchev–Trinajstić information content (AvgIpc) is 2.53. The van der Waals surface area contributed by atoms with Crippen molar-refractivity contribution in [2.24, 2.45) is 0 Å². The maximum absolute atomic E-state index is 11.2. The quantitative estimate of drug-likeness (QED) is 0.480. The van der Waals surface area contributed by atoms with Gasteiger partial charge in [-0.15, -0.1) is 0 Å². The molecule has 0 saturated heterocycles. The number of non-ortho nitro benzene ring substituents is 1. The van der Waals surface area contributed by atoms with E-state index in [0.717, 1.165) is 5.56 Å². The van der Waals surface area contributed by atoms with E-state index in [1.165, 1.54) is 25.3 Å². The minimum Gasteiger partial charge on any atom is -0.481 e. The molecule has 21 heavy (non-hydrogen) atoms. The van der Waals surface area contributed by atoms with Crippen molar-refractivity contribution < 1.29 is 19.2 Å². The molecule has 0 N–H and O–H groups in total. The highest BCUT2D eigenvalue weighted by molar-refractivity contribution is 5.75. The summed E-state index contributed by atoms with van der Waals surface area (Å²) in [6, 6.07) is 13.3. The summed E-state index contributed by atoms with van der Waals surface area (Å²) in [6.07, 6.45) is 0. The molecule has 0 bridgehead atoms. The van der Waals surface area contributed by atoms with E-state index in [4.69, 9.17) is 4.74 Å². The van der Waals surface area contributed by atoms with Crippen molar-refractivity contribution in [1.82, 2.24) is 0 Å². The van der Waals surface area contributed by atoms with Gasteiger partial charge >= 0.3 is 5.97 Å². The van der Waals surface area contributed by atoms with Gasteiger partial charge in [0.1, 0.15) is 5.75 Å². The number of carbonyl (C=O) groups is 1. The molecule has 108 valence electrons. The van der Waals surface area contributed by atoms with Gasteiger partial charge in [-0.1, -0.05) is 30.3 Å². The second-order valence-electron chi connectivity index (χ2n) is 4.17. The van der Waals surface area contributed by atoms with Crippen molar-refractivity contribution >= 4 is 11.7 Å². The molecule has 0 fully saturated rings. The molecular weight excluding hydrogens is 274 g/mol. The number of methoxy groups -OCH3 is 1. The highest BCUT2D eigenvalue weighted by atomic mass is 16.6. The van der Waals surface area contributed by atoms with E-state index in [1.807, 2.05) is 30.3 Å². The summed E-state index contributed by atoms with van der Waals surface area (Å²) in [6.45, 7) is -0.256. The zero-order valence-electron chi connectivity index (χ0n) is 11.3. The SMILES string of the molecule is COC(=O)COc1ccc([N+](=O)[O-])cc1-c1ccccc1. The highest BCUT2D eigenvalue weighted by Gasteiger charge is 2.14. The van der Waals surface area contributed by atoms with Gasteiger partial charge in [0, 0.05) is 17.7 Å². The Morgan fingerprint density at radius 2 is 1.90 bits per heavy atom. The van der Waals surface area contributed by atoms with Crippen LogP contribution in [-0.2, 0) is 9.53 Å². The average molecular weight is 287 g/mol. The van der Waals surface area contributed by atoms with Crippen LogP contribution in [0, 0.1) is 10.1 Å². The lowest BCUT2D eigenvalue weighted by molar-refractivity contribution is -0.384. The van der Waals surface area contributed by atoms with Crippen LogP contribution in [0.15, 0.2) is 48.5 Å². The first-order valence-electron chi connectivity index (χ1n) is 6.15.